The van der Waals surface area contributed by atoms with Crippen molar-refractivity contribution >= 4 is 33.2 Å². The molecule has 24 heavy (non-hydrogen) atoms. The van der Waals surface area contributed by atoms with Crippen LogP contribution in [0.3, 0.4) is 0 Å². The van der Waals surface area contributed by atoms with Gasteiger partial charge in [-0.25, -0.2) is 4.98 Å². The highest BCUT2D eigenvalue weighted by molar-refractivity contribution is 7.21. The molecule has 1 aliphatic heterocycles. The van der Waals surface area contributed by atoms with Crippen molar-refractivity contribution in [1.82, 2.24) is 4.98 Å². The van der Waals surface area contributed by atoms with Gasteiger partial charge in [-0.2, -0.15) is 0 Å². The predicted molar refractivity (Wildman–Crippen MR) is 98.3 cm³/mol. The van der Waals surface area contributed by atoms with Crippen molar-refractivity contribution < 1.29 is 4.74 Å². The Kier molecular flexibility index (Phi) is 3.92. The zero-order valence-corrected chi connectivity index (χ0v) is 14.1. The van der Waals surface area contributed by atoms with E-state index in [2.05, 4.69) is 4.98 Å². The fourth-order valence-corrected chi connectivity index (χ4v) is 3.67. The lowest BCUT2D eigenvalue weighted by Crippen LogP contribution is -1.99. The molecular formula is C19H12ClNO2S. The molecule has 0 N–H and O–H groups in total. The number of hydrogen-bond acceptors (Lipinski definition) is 4. The lowest BCUT2D eigenvalue weighted by molar-refractivity contribution is 0.307. The Labute approximate surface area is 147 Å². The number of nitrogens with zero attached hydrogens (tertiary/aromatic N) is 1. The quantitative estimate of drug-likeness (QED) is 0.487. The summed E-state index contributed by atoms with van der Waals surface area (Å²) in [5.74, 6) is 0.615. The summed E-state index contributed by atoms with van der Waals surface area (Å²) in [5.41, 5.74) is 2.64. The molecule has 0 saturated carbocycles. The fraction of sp³-hybridized carbons (Fsp3) is 0.0526. The van der Waals surface area contributed by atoms with Gasteiger partial charge in [0.1, 0.15) is 12.4 Å². The van der Waals surface area contributed by atoms with Gasteiger partial charge in [-0.1, -0.05) is 41.9 Å². The van der Waals surface area contributed by atoms with Crippen LogP contribution in [0.25, 0.3) is 20.8 Å². The van der Waals surface area contributed by atoms with Crippen LogP contribution >= 0.6 is 22.9 Å². The Hall–Kier alpha value is -2.43. The maximum absolute atomic E-state index is 11.5. The normalized spacial score (nSPS) is 11.0. The molecule has 1 heterocycles. The van der Waals surface area contributed by atoms with Crippen molar-refractivity contribution in [1.29, 1.82) is 0 Å². The maximum Gasteiger partial charge on any atom is 0.180 e. The van der Waals surface area contributed by atoms with Gasteiger partial charge < -0.3 is 4.74 Å². The molecule has 118 valence electrons. The van der Waals surface area contributed by atoms with Gasteiger partial charge in [-0.05, 0) is 23.8 Å². The summed E-state index contributed by atoms with van der Waals surface area (Å²) in [6.07, 6.45) is 0. The van der Waals surface area contributed by atoms with E-state index in [4.69, 9.17) is 16.3 Å². The third-order valence-electron chi connectivity index (χ3n) is 3.64. The molecule has 0 spiro atoms. The average molecular weight is 354 g/mol. The van der Waals surface area contributed by atoms with E-state index in [0.29, 0.717) is 17.4 Å². The molecule has 0 unspecified atom stereocenters. The lowest BCUT2D eigenvalue weighted by Gasteiger charge is -2.11. The molecule has 0 fully saturated rings. The number of ether oxygens (including phenoxy) is 1. The Morgan fingerprint density at radius 1 is 1.04 bits per heavy atom. The first-order chi connectivity index (χ1) is 11.7. The van der Waals surface area contributed by atoms with Gasteiger partial charge in [0.15, 0.2) is 5.43 Å². The summed E-state index contributed by atoms with van der Waals surface area (Å²) in [6, 6.07) is 18.5. The van der Waals surface area contributed by atoms with Crippen molar-refractivity contribution in [2.75, 3.05) is 0 Å². The molecule has 5 heteroatoms. The lowest BCUT2D eigenvalue weighted by atomic mass is 10.2. The standard InChI is InChI=1S/C19H12ClNO2S/c20-14-9-16-19(24-18-8-13(22)6-7-15(18)21-16)10-17(14)23-11-12-4-2-1-3-5-12/h1-10H,11H2. The van der Waals surface area contributed by atoms with Crippen LogP contribution in [0.15, 0.2) is 65.5 Å². The molecule has 0 bridgehead atoms. The minimum absolute atomic E-state index is 0.0191. The van der Waals surface area contributed by atoms with Crippen LogP contribution in [0.5, 0.6) is 5.75 Å². The van der Waals surface area contributed by atoms with Gasteiger partial charge in [0.25, 0.3) is 0 Å². The average Bonchev–Trinajstić information content (AvgIpc) is 2.59. The Bertz CT molecular complexity index is 1050. The number of aromatic nitrogens is 1. The Balaban J connectivity index is 1.74. The molecule has 2 aliphatic rings. The number of hydrogen-bond donors (Lipinski definition) is 0. The monoisotopic (exact) mass is 353 g/mol. The van der Waals surface area contributed by atoms with Crippen molar-refractivity contribution in [3.8, 4) is 16.3 Å². The second kappa shape index (κ2) is 6.23. The highest BCUT2D eigenvalue weighted by Gasteiger charge is 2.11. The van der Waals surface area contributed by atoms with Crippen molar-refractivity contribution in [2.45, 2.75) is 6.61 Å². The summed E-state index contributed by atoms with van der Waals surface area (Å²) in [4.78, 5) is 17.0. The van der Waals surface area contributed by atoms with Gasteiger partial charge in [0.05, 0.1) is 25.8 Å². The molecule has 0 amide bonds. The van der Waals surface area contributed by atoms with E-state index in [-0.39, 0.29) is 5.43 Å². The largest absolute Gasteiger partial charge is 0.487 e. The Morgan fingerprint density at radius 3 is 2.71 bits per heavy atom. The zero-order chi connectivity index (χ0) is 16.5. The first-order valence-corrected chi connectivity index (χ1v) is 8.59. The van der Waals surface area contributed by atoms with E-state index >= 15 is 0 Å². The second-order valence-electron chi connectivity index (χ2n) is 5.37. The minimum atomic E-state index is -0.0191. The number of fused-ring (bicyclic) bond motifs is 2. The molecule has 0 saturated heterocycles. The molecule has 0 atom stereocenters. The van der Waals surface area contributed by atoms with E-state index in [1.54, 1.807) is 18.2 Å². The number of rotatable bonds is 3. The van der Waals surface area contributed by atoms with E-state index in [1.165, 1.54) is 17.4 Å². The highest BCUT2D eigenvalue weighted by Crippen LogP contribution is 2.35. The van der Waals surface area contributed by atoms with Gasteiger partial charge in [-0.3, -0.25) is 4.79 Å². The molecular weight excluding hydrogens is 342 g/mol. The molecule has 2 aromatic rings. The first kappa shape index (κ1) is 15.1. The molecule has 3 nitrogen and oxygen atoms in total. The van der Waals surface area contributed by atoms with Crippen LogP contribution in [-0.4, -0.2) is 4.98 Å². The van der Waals surface area contributed by atoms with Gasteiger partial charge in [0, 0.05) is 12.1 Å². The second-order valence-corrected chi connectivity index (χ2v) is 6.86. The fourth-order valence-electron chi connectivity index (χ4n) is 2.46. The van der Waals surface area contributed by atoms with Gasteiger partial charge in [0.2, 0.25) is 0 Å². The zero-order valence-electron chi connectivity index (χ0n) is 12.5. The van der Waals surface area contributed by atoms with E-state index in [9.17, 15) is 4.79 Å². The van der Waals surface area contributed by atoms with Crippen LogP contribution in [0, 0.1) is 0 Å². The van der Waals surface area contributed by atoms with Crippen LogP contribution < -0.4 is 10.2 Å². The van der Waals surface area contributed by atoms with Crippen LogP contribution in [0.2, 0.25) is 5.02 Å². The summed E-state index contributed by atoms with van der Waals surface area (Å²) in [6.45, 7) is 0.447. The molecule has 0 radical (unpaired) electrons. The minimum Gasteiger partial charge on any atom is -0.487 e. The summed E-state index contributed by atoms with van der Waals surface area (Å²) >= 11 is 7.84. The van der Waals surface area contributed by atoms with E-state index in [0.717, 1.165) is 26.4 Å². The molecule has 4 rings (SSSR count). The topological polar surface area (TPSA) is 39.2 Å². The smallest absolute Gasteiger partial charge is 0.180 e. The van der Waals surface area contributed by atoms with Gasteiger partial charge in [-0.15, -0.1) is 11.3 Å². The van der Waals surface area contributed by atoms with Crippen LogP contribution in [0.1, 0.15) is 5.56 Å². The molecule has 1 aliphatic carbocycles. The highest BCUT2D eigenvalue weighted by atomic mass is 35.5. The summed E-state index contributed by atoms with van der Waals surface area (Å²) in [5, 5.41) is 0.526. The summed E-state index contributed by atoms with van der Waals surface area (Å²) in [7, 11) is 0. The van der Waals surface area contributed by atoms with E-state index in [1.807, 2.05) is 36.4 Å². The first-order valence-electron chi connectivity index (χ1n) is 7.40. The number of benzene rings is 3. The van der Waals surface area contributed by atoms with E-state index < -0.39 is 0 Å². The SMILES string of the molecule is O=c1ccc2nc3cc(Cl)c(OCc4ccccc4)cc3sc-2c1. The van der Waals surface area contributed by atoms with Crippen molar-refractivity contribution in [2.24, 2.45) is 0 Å². The number of halogens is 1. The van der Waals surface area contributed by atoms with Crippen molar-refractivity contribution in [3.63, 3.8) is 0 Å². The third-order valence-corrected chi connectivity index (χ3v) is 5.03. The maximum atomic E-state index is 11.5. The molecule has 0 aromatic heterocycles. The summed E-state index contributed by atoms with van der Waals surface area (Å²) < 4.78 is 6.78. The molecule has 2 aromatic carbocycles. The van der Waals surface area contributed by atoms with Crippen LogP contribution in [0.4, 0.5) is 0 Å². The van der Waals surface area contributed by atoms with Crippen molar-refractivity contribution in [3.05, 3.63) is 81.5 Å². The predicted octanol–water partition coefficient (Wildman–Crippen LogP) is 4.99. The Morgan fingerprint density at radius 2 is 1.88 bits per heavy atom. The third kappa shape index (κ3) is 2.98. The van der Waals surface area contributed by atoms with Crippen LogP contribution in [-0.2, 0) is 6.61 Å². The van der Waals surface area contributed by atoms with Gasteiger partial charge >= 0.3 is 0 Å².